The molecule has 0 aliphatic carbocycles. The fraction of sp³-hybridized carbons (Fsp3) is 0.154. The molecule has 1 aromatic carbocycles. The lowest BCUT2D eigenvalue weighted by molar-refractivity contribution is 0.984. The Morgan fingerprint density at radius 3 is 2.74 bits per heavy atom. The molecule has 0 unspecified atom stereocenters. The smallest absolute Gasteiger partial charge is 0.104 e. The van der Waals surface area contributed by atoms with Crippen LogP contribution in [0.5, 0.6) is 0 Å². The van der Waals surface area contributed by atoms with E-state index in [9.17, 15) is 0 Å². The third-order valence-corrected chi connectivity index (χ3v) is 3.10. The summed E-state index contributed by atoms with van der Waals surface area (Å²) in [5, 5.41) is 3.77. The van der Waals surface area contributed by atoms with Gasteiger partial charge >= 0.3 is 0 Å². The van der Waals surface area contributed by atoms with E-state index in [1.165, 1.54) is 0 Å². The van der Waals surface area contributed by atoms with Gasteiger partial charge in [-0.15, -0.1) is 0 Å². The van der Waals surface area contributed by atoms with Crippen LogP contribution in [0, 0.1) is 6.92 Å². The predicted octanol–water partition coefficient (Wildman–Crippen LogP) is 2.68. The Labute approximate surface area is 122 Å². The van der Waals surface area contributed by atoms with Crippen molar-refractivity contribution in [2.75, 3.05) is 5.32 Å². The van der Waals surface area contributed by atoms with Gasteiger partial charge in [0.05, 0.1) is 34.8 Å². The van der Waals surface area contributed by atoms with Gasteiger partial charge in [0.1, 0.15) is 4.99 Å². The minimum atomic E-state index is 0.331. The van der Waals surface area contributed by atoms with E-state index < -0.39 is 0 Å². The van der Waals surface area contributed by atoms with Gasteiger partial charge in [-0.2, -0.15) is 0 Å². The molecule has 0 fully saturated rings. The van der Waals surface area contributed by atoms with Crippen LogP contribution in [0.1, 0.15) is 17.0 Å². The maximum absolute atomic E-state index is 6.15. The first-order valence-electron chi connectivity index (χ1n) is 5.67. The third kappa shape index (κ3) is 3.62. The minimum Gasteiger partial charge on any atom is -0.389 e. The van der Waals surface area contributed by atoms with Gasteiger partial charge in [-0.05, 0) is 25.1 Å². The summed E-state index contributed by atoms with van der Waals surface area (Å²) in [5.41, 5.74) is 8.84. The zero-order valence-electron chi connectivity index (χ0n) is 10.4. The lowest BCUT2D eigenvalue weighted by atomic mass is 10.2. The normalized spacial score (nSPS) is 10.2. The molecular weight excluding hydrogens is 280 g/mol. The van der Waals surface area contributed by atoms with Gasteiger partial charge in [0.2, 0.25) is 0 Å². The molecule has 0 amide bonds. The molecule has 4 nitrogen and oxygen atoms in total. The van der Waals surface area contributed by atoms with E-state index in [0.717, 1.165) is 22.6 Å². The quantitative estimate of drug-likeness (QED) is 0.848. The highest BCUT2D eigenvalue weighted by atomic mass is 35.5. The van der Waals surface area contributed by atoms with E-state index in [1.54, 1.807) is 18.5 Å². The number of aryl methyl sites for hydroxylation is 1. The second kappa shape index (κ2) is 5.95. The van der Waals surface area contributed by atoms with Crippen molar-refractivity contribution in [3.63, 3.8) is 0 Å². The number of nitrogens with zero attached hydrogens (tertiary/aromatic N) is 2. The lowest BCUT2D eigenvalue weighted by Gasteiger charge is -2.09. The summed E-state index contributed by atoms with van der Waals surface area (Å²) >= 11 is 11.0. The van der Waals surface area contributed by atoms with Crippen molar-refractivity contribution in [1.29, 1.82) is 0 Å². The number of halogens is 1. The van der Waals surface area contributed by atoms with Gasteiger partial charge in [-0.1, -0.05) is 23.8 Å². The Kier molecular flexibility index (Phi) is 4.29. The number of anilines is 1. The largest absolute Gasteiger partial charge is 0.389 e. The number of benzene rings is 1. The van der Waals surface area contributed by atoms with Gasteiger partial charge in [-0.25, -0.2) is 0 Å². The first-order valence-corrected chi connectivity index (χ1v) is 6.45. The third-order valence-electron chi connectivity index (χ3n) is 2.55. The fourth-order valence-electron chi connectivity index (χ4n) is 1.51. The number of hydrogen-bond acceptors (Lipinski definition) is 4. The van der Waals surface area contributed by atoms with Crippen molar-refractivity contribution in [1.82, 2.24) is 9.97 Å². The number of rotatable bonds is 4. The highest BCUT2D eigenvalue weighted by Gasteiger charge is 2.04. The molecule has 0 aliphatic rings. The molecule has 98 valence electrons. The monoisotopic (exact) mass is 292 g/mol. The van der Waals surface area contributed by atoms with Crippen LogP contribution in [0.25, 0.3) is 0 Å². The Morgan fingerprint density at radius 1 is 1.37 bits per heavy atom. The van der Waals surface area contributed by atoms with Crippen LogP contribution in [-0.2, 0) is 6.54 Å². The molecule has 0 saturated carbocycles. The molecule has 19 heavy (non-hydrogen) atoms. The standard InChI is InChI=1S/C13H13ClN4S/c1-8-5-17-10(6-16-8)7-18-12-3-2-9(13(15)19)4-11(12)14/h2-6,18H,7H2,1H3,(H2,15,19). The second-order valence-electron chi connectivity index (χ2n) is 4.06. The Hall–Kier alpha value is -1.72. The molecule has 2 rings (SSSR count). The molecule has 0 saturated heterocycles. The number of thiocarbonyl (C=S) groups is 1. The maximum atomic E-state index is 6.15. The van der Waals surface area contributed by atoms with Crippen molar-refractivity contribution >= 4 is 34.5 Å². The van der Waals surface area contributed by atoms with Crippen LogP contribution < -0.4 is 11.1 Å². The molecular formula is C13H13ClN4S. The van der Waals surface area contributed by atoms with Gasteiger partial charge in [0, 0.05) is 11.8 Å². The van der Waals surface area contributed by atoms with E-state index in [1.807, 2.05) is 19.1 Å². The number of aromatic nitrogens is 2. The number of nitrogens with one attached hydrogen (secondary N) is 1. The average molecular weight is 293 g/mol. The zero-order valence-corrected chi connectivity index (χ0v) is 11.9. The van der Waals surface area contributed by atoms with Crippen LogP contribution in [0.2, 0.25) is 5.02 Å². The maximum Gasteiger partial charge on any atom is 0.104 e. The zero-order chi connectivity index (χ0) is 13.8. The molecule has 3 N–H and O–H groups in total. The van der Waals surface area contributed by atoms with Crippen LogP contribution in [0.15, 0.2) is 30.6 Å². The van der Waals surface area contributed by atoms with Crippen LogP contribution in [0.4, 0.5) is 5.69 Å². The van der Waals surface area contributed by atoms with E-state index in [-0.39, 0.29) is 0 Å². The van der Waals surface area contributed by atoms with Crippen LogP contribution in [-0.4, -0.2) is 15.0 Å². The predicted molar refractivity (Wildman–Crippen MR) is 81.4 cm³/mol. The Balaban J connectivity index is 2.07. The number of nitrogens with two attached hydrogens (primary N) is 1. The first-order chi connectivity index (χ1) is 9.06. The molecule has 1 aromatic heterocycles. The summed E-state index contributed by atoms with van der Waals surface area (Å²) in [5.74, 6) is 0. The van der Waals surface area contributed by atoms with Crippen molar-refractivity contribution in [3.05, 3.63) is 52.6 Å². The van der Waals surface area contributed by atoms with Crippen molar-refractivity contribution in [2.24, 2.45) is 5.73 Å². The van der Waals surface area contributed by atoms with Crippen molar-refractivity contribution < 1.29 is 0 Å². The summed E-state index contributed by atoms with van der Waals surface area (Å²) in [6, 6.07) is 5.42. The molecule has 0 spiro atoms. The van der Waals surface area contributed by atoms with Crippen LogP contribution in [0.3, 0.4) is 0 Å². The molecule has 0 radical (unpaired) electrons. The second-order valence-corrected chi connectivity index (χ2v) is 4.91. The summed E-state index contributed by atoms with van der Waals surface area (Å²) in [6.07, 6.45) is 3.47. The van der Waals surface area contributed by atoms with Crippen LogP contribution >= 0.6 is 23.8 Å². The van der Waals surface area contributed by atoms with Gasteiger partial charge in [-0.3, -0.25) is 9.97 Å². The molecule has 1 heterocycles. The van der Waals surface area contributed by atoms with Gasteiger partial charge < -0.3 is 11.1 Å². The number of hydrogen-bond donors (Lipinski definition) is 2. The van der Waals surface area contributed by atoms with Gasteiger partial charge in [0.15, 0.2) is 0 Å². The topological polar surface area (TPSA) is 63.8 Å². The summed E-state index contributed by atoms with van der Waals surface area (Å²) in [4.78, 5) is 8.77. The summed E-state index contributed by atoms with van der Waals surface area (Å²) in [7, 11) is 0. The Morgan fingerprint density at radius 2 is 2.16 bits per heavy atom. The molecule has 0 bridgehead atoms. The minimum absolute atomic E-state index is 0.331. The Bertz CT molecular complexity index is 598. The van der Waals surface area contributed by atoms with E-state index in [2.05, 4.69) is 15.3 Å². The molecule has 6 heteroatoms. The van der Waals surface area contributed by atoms with E-state index in [4.69, 9.17) is 29.6 Å². The summed E-state index contributed by atoms with van der Waals surface area (Å²) < 4.78 is 0. The SMILES string of the molecule is Cc1cnc(CNc2ccc(C(N)=S)cc2Cl)cn1. The van der Waals surface area contributed by atoms with E-state index in [0.29, 0.717) is 16.6 Å². The average Bonchev–Trinajstić information content (AvgIpc) is 2.39. The first kappa shape index (κ1) is 13.7. The van der Waals surface area contributed by atoms with E-state index >= 15 is 0 Å². The van der Waals surface area contributed by atoms with Crippen molar-refractivity contribution in [3.8, 4) is 0 Å². The fourth-order valence-corrected chi connectivity index (χ4v) is 1.88. The summed E-state index contributed by atoms with van der Waals surface area (Å²) in [6.45, 7) is 2.45. The molecule has 2 aromatic rings. The highest BCUT2D eigenvalue weighted by Crippen LogP contribution is 2.23. The molecule has 0 atom stereocenters. The van der Waals surface area contributed by atoms with Gasteiger partial charge in [0.25, 0.3) is 0 Å². The lowest BCUT2D eigenvalue weighted by Crippen LogP contribution is -2.09. The highest BCUT2D eigenvalue weighted by molar-refractivity contribution is 7.80. The van der Waals surface area contributed by atoms with Crippen molar-refractivity contribution in [2.45, 2.75) is 13.5 Å². The molecule has 0 aliphatic heterocycles.